The van der Waals surface area contributed by atoms with E-state index in [1.807, 2.05) is 55.7 Å². The van der Waals surface area contributed by atoms with Crippen LogP contribution >= 0.6 is 0 Å². The van der Waals surface area contributed by atoms with Crippen LogP contribution in [0.3, 0.4) is 0 Å². The molecule has 0 amide bonds. The SMILES string of the molecule is Cc1ccc(S(=O)(=O)n2ccc3c(-c4cc(N)ccc4N4CCC5(CC4)CC5)cn(C)c(=O)c32)cc1.Cn1cc(-c2cc(N)ccc2N2CCC3(CC2)CC3)c2cc[nH]c2c1=O. The van der Waals surface area contributed by atoms with Crippen molar-refractivity contribution in [3.8, 4) is 22.3 Å². The number of pyridine rings is 2. The van der Waals surface area contributed by atoms with E-state index in [1.54, 1.807) is 55.2 Å². The maximum Gasteiger partial charge on any atom is 0.275 e. The van der Waals surface area contributed by atoms with Crippen LogP contribution in [0.2, 0.25) is 0 Å². The van der Waals surface area contributed by atoms with Crippen molar-refractivity contribution in [2.75, 3.05) is 47.4 Å². The maximum atomic E-state index is 13.6. The van der Waals surface area contributed by atoms with Crippen molar-refractivity contribution >= 4 is 54.6 Å². The second-order valence-corrected chi connectivity index (χ2v) is 20.2. The largest absolute Gasteiger partial charge is 0.399 e. The summed E-state index contributed by atoms with van der Waals surface area (Å²) >= 11 is 0. The Morgan fingerprint density at radius 3 is 1.61 bits per heavy atom. The van der Waals surface area contributed by atoms with Crippen molar-refractivity contribution in [3.05, 3.63) is 124 Å². The van der Waals surface area contributed by atoms with Gasteiger partial charge in [-0.25, -0.2) is 12.4 Å². The average Bonchev–Trinajstić information content (AvgIpc) is 4.06. The molecule has 2 saturated carbocycles. The topological polar surface area (TPSA) is 157 Å². The van der Waals surface area contributed by atoms with Crippen LogP contribution in [-0.4, -0.2) is 52.7 Å². The van der Waals surface area contributed by atoms with Gasteiger partial charge in [0.05, 0.1) is 4.90 Å². The first-order chi connectivity index (χ1) is 29.7. The molecule has 0 radical (unpaired) electrons. The van der Waals surface area contributed by atoms with Gasteiger partial charge in [0, 0.05) is 121 Å². The normalized spacial score (nSPS) is 17.7. The van der Waals surface area contributed by atoms with Gasteiger partial charge in [0.25, 0.3) is 21.1 Å². The minimum absolute atomic E-state index is 0.00662. The Balaban J connectivity index is 0.000000156. The highest BCUT2D eigenvalue weighted by molar-refractivity contribution is 7.90. The van der Waals surface area contributed by atoms with Crippen molar-refractivity contribution in [3.63, 3.8) is 0 Å². The zero-order valence-corrected chi connectivity index (χ0v) is 36.5. The Morgan fingerprint density at radius 1 is 0.597 bits per heavy atom. The number of rotatable bonds is 6. The summed E-state index contributed by atoms with van der Waals surface area (Å²) in [6.45, 7) is 6.06. The van der Waals surface area contributed by atoms with Crippen molar-refractivity contribution in [2.24, 2.45) is 24.9 Å². The van der Waals surface area contributed by atoms with E-state index >= 15 is 0 Å². The molecule has 11 rings (SSSR count). The van der Waals surface area contributed by atoms with E-state index < -0.39 is 10.0 Å². The molecule has 3 aromatic carbocycles. The molecule has 2 aliphatic heterocycles. The molecule has 0 bridgehead atoms. The van der Waals surface area contributed by atoms with Crippen molar-refractivity contribution < 1.29 is 8.42 Å². The van der Waals surface area contributed by atoms with Gasteiger partial charge in [0.15, 0.2) is 0 Å². The van der Waals surface area contributed by atoms with Crippen LogP contribution in [-0.2, 0) is 24.1 Å². The van der Waals surface area contributed by atoms with Crippen LogP contribution in [0, 0.1) is 17.8 Å². The van der Waals surface area contributed by atoms with Crippen molar-refractivity contribution in [1.82, 2.24) is 18.1 Å². The molecule has 13 heteroatoms. The number of aryl methyl sites for hydroxylation is 3. The molecule has 6 heterocycles. The molecule has 7 aromatic rings. The molecular weight excluding hydrogens is 797 g/mol. The molecule has 5 N–H and O–H groups in total. The van der Waals surface area contributed by atoms with Crippen molar-refractivity contribution in [2.45, 2.75) is 63.2 Å². The number of anilines is 4. The number of nitrogens with zero attached hydrogens (tertiary/aromatic N) is 5. The Kier molecular flexibility index (Phi) is 9.47. The number of aromatic amines is 1. The van der Waals surface area contributed by atoms with Gasteiger partial charge in [-0.2, -0.15) is 0 Å². The van der Waals surface area contributed by atoms with Gasteiger partial charge in [-0.1, -0.05) is 17.7 Å². The second kappa shape index (κ2) is 14.7. The summed E-state index contributed by atoms with van der Waals surface area (Å²) in [4.78, 5) is 33.8. The lowest BCUT2D eigenvalue weighted by atomic mass is 9.92. The number of hydrogen-bond donors (Lipinski definition) is 3. The first-order valence-corrected chi connectivity index (χ1v) is 23.2. The molecule has 2 saturated heterocycles. The Bertz CT molecular complexity index is 3110. The number of H-pyrrole nitrogens is 1. The van der Waals surface area contributed by atoms with E-state index in [2.05, 4.69) is 20.9 Å². The van der Waals surface area contributed by atoms with E-state index in [4.69, 9.17) is 11.5 Å². The third-order valence-corrected chi connectivity index (χ3v) is 16.0. The van der Waals surface area contributed by atoms with Crippen LogP contribution in [0.25, 0.3) is 44.1 Å². The number of fused-ring (bicyclic) bond motifs is 2. The summed E-state index contributed by atoms with van der Waals surface area (Å²) in [6.07, 6.45) is 17.4. The van der Waals surface area contributed by atoms with Gasteiger partial charge in [0.2, 0.25) is 0 Å². The van der Waals surface area contributed by atoms with Gasteiger partial charge in [-0.15, -0.1) is 0 Å². The monoisotopic (exact) mass is 850 g/mol. The fourth-order valence-corrected chi connectivity index (χ4v) is 11.3. The number of nitrogen functional groups attached to an aromatic ring is 2. The fraction of sp³-hybridized carbons (Fsp3) is 0.347. The predicted molar refractivity (Wildman–Crippen MR) is 250 cm³/mol. The smallest absolute Gasteiger partial charge is 0.275 e. The fourth-order valence-electron chi connectivity index (χ4n) is 9.94. The quantitative estimate of drug-likeness (QED) is 0.142. The number of hydrogen-bond acceptors (Lipinski definition) is 8. The van der Waals surface area contributed by atoms with Gasteiger partial charge in [0.1, 0.15) is 11.0 Å². The molecule has 62 heavy (non-hydrogen) atoms. The lowest BCUT2D eigenvalue weighted by Crippen LogP contribution is -2.34. The highest BCUT2D eigenvalue weighted by Gasteiger charge is 2.45. The summed E-state index contributed by atoms with van der Waals surface area (Å²) in [5, 5.41) is 1.55. The number of benzene rings is 3. The first kappa shape index (κ1) is 39.9. The van der Waals surface area contributed by atoms with Gasteiger partial charge >= 0.3 is 0 Å². The zero-order valence-electron chi connectivity index (χ0n) is 35.7. The average molecular weight is 851 g/mol. The highest BCUT2D eigenvalue weighted by atomic mass is 32.2. The minimum Gasteiger partial charge on any atom is -0.399 e. The standard InChI is InChI=1S/C28H30N4O3S.C21H24N4O/c1-19-3-6-21(7-4-19)36(34,35)32-14-9-22-24(18-30(2)27(33)26(22)32)23-17-20(29)5-8-25(23)31-15-12-28(10-11-28)13-16-31;1-24-13-17(15-4-9-23-19(15)20(24)26)16-12-14(22)2-3-18(16)25-10-7-21(5-6-21)8-11-25/h3-9,14,17-18H,10-13,15-16,29H2,1-2H3;2-4,9,12-13,23H,5-8,10-11,22H2,1H3. The first-order valence-electron chi connectivity index (χ1n) is 21.7. The van der Waals surface area contributed by atoms with Crippen molar-refractivity contribution in [1.29, 1.82) is 0 Å². The van der Waals surface area contributed by atoms with Crippen LogP contribution in [0.5, 0.6) is 0 Å². The summed E-state index contributed by atoms with van der Waals surface area (Å²) in [6, 6.07) is 22.4. The van der Waals surface area contributed by atoms with Crippen LogP contribution in [0.15, 0.2) is 112 Å². The Hall–Kier alpha value is -6.21. The number of nitrogens with one attached hydrogen (secondary N) is 1. The minimum atomic E-state index is -3.95. The van der Waals surface area contributed by atoms with Gasteiger partial charge in [-0.3, -0.25) is 9.59 Å². The van der Waals surface area contributed by atoms with E-state index in [0.717, 1.165) is 74.7 Å². The molecular formula is C49H54N8O4S. The Morgan fingerprint density at radius 2 is 1.10 bits per heavy atom. The predicted octanol–water partition coefficient (Wildman–Crippen LogP) is 8.01. The van der Waals surface area contributed by atoms with Crippen LogP contribution in [0.4, 0.5) is 22.7 Å². The molecule has 320 valence electrons. The molecule has 4 fully saturated rings. The molecule has 12 nitrogen and oxygen atoms in total. The molecule has 4 aromatic heterocycles. The summed E-state index contributed by atoms with van der Waals surface area (Å²) in [5.41, 5.74) is 22.5. The second-order valence-electron chi connectivity index (χ2n) is 18.4. The molecule has 0 atom stereocenters. The summed E-state index contributed by atoms with van der Waals surface area (Å²) < 4.78 is 31.3. The van der Waals surface area contributed by atoms with E-state index in [0.29, 0.717) is 27.4 Å². The molecule has 2 spiro atoms. The van der Waals surface area contributed by atoms with Crippen LogP contribution in [0.1, 0.15) is 56.9 Å². The van der Waals surface area contributed by atoms with Crippen LogP contribution < -0.4 is 32.4 Å². The third-order valence-electron chi connectivity index (χ3n) is 14.3. The lowest BCUT2D eigenvalue weighted by Gasteiger charge is -2.35. The third kappa shape index (κ3) is 6.96. The highest BCUT2D eigenvalue weighted by Crippen LogP contribution is 2.55. The molecule has 2 aliphatic carbocycles. The number of nitrogens with two attached hydrogens (primary N) is 2. The zero-order chi connectivity index (χ0) is 43.1. The van der Waals surface area contributed by atoms with E-state index in [9.17, 15) is 18.0 Å². The van der Waals surface area contributed by atoms with Gasteiger partial charge in [-0.05, 0) is 130 Å². The Labute approximate surface area is 361 Å². The van der Waals surface area contributed by atoms with E-state index in [-0.39, 0.29) is 21.5 Å². The molecule has 4 aliphatic rings. The lowest BCUT2D eigenvalue weighted by molar-refractivity contribution is 0.384. The maximum absolute atomic E-state index is 13.6. The van der Waals surface area contributed by atoms with E-state index in [1.165, 1.54) is 67.8 Å². The van der Waals surface area contributed by atoms with Gasteiger partial charge < -0.3 is 35.4 Å². The number of piperidine rings is 2. The molecule has 0 unspecified atom stereocenters. The summed E-state index contributed by atoms with van der Waals surface area (Å²) in [7, 11) is -0.495. The number of aromatic nitrogens is 4. The summed E-state index contributed by atoms with van der Waals surface area (Å²) in [5.74, 6) is 0.